The quantitative estimate of drug-likeness (QED) is 0.809. The molecular formula is C13H15F4NO. The van der Waals surface area contributed by atoms with Gasteiger partial charge in [0.25, 0.3) is 0 Å². The zero-order chi connectivity index (χ0) is 14.6. The number of benzene rings is 1. The van der Waals surface area contributed by atoms with Crippen molar-refractivity contribution in [2.45, 2.75) is 38.5 Å². The van der Waals surface area contributed by atoms with Crippen LogP contribution in [0.15, 0.2) is 24.3 Å². The lowest BCUT2D eigenvalue weighted by atomic mass is 9.99. The molecule has 0 aliphatic rings. The van der Waals surface area contributed by atoms with Crippen LogP contribution in [0.4, 0.5) is 23.2 Å². The van der Waals surface area contributed by atoms with E-state index in [1.54, 1.807) is 17.4 Å². The van der Waals surface area contributed by atoms with Crippen molar-refractivity contribution in [3.63, 3.8) is 0 Å². The van der Waals surface area contributed by atoms with Crippen LogP contribution in [0.2, 0.25) is 0 Å². The van der Waals surface area contributed by atoms with Crippen molar-refractivity contribution in [3.05, 3.63) is 29.8 Å². The summed E-state index contributed by atoms with van der Waals surface area (Å²) >= 11 is 0. The first-order valence-electron chi connectivity index (χ1n) is 5.86. The predicted molar refractivity (Wildman–Crippen MR) is 64.7 cm³/mol. The standard InChI is InChI=1S/C13H15F4NO/c1-3-8(2)9-4-6-10(7-5-9)18-12(19)13(16,17)11(14)15/h4-8,11H,3H2,1-2H3,(H,18,19). The lowest BCUT2D eigenvalue weighted by Crippen LogP contribution is -2.40. The van der Waals surface area contributed by atoms with E-state index in [0.29, 0.717) is 5.92 Å². The Kier molecular flexibility index (Phi) is 4.91. The van der Waals surface area contributed by atoms with Crippen LogP contribution in [-0.4, -0.2) is 18.3 Å². The second kappa shape index (κ2) is 6.04. The Bertz CT molecular complexity index is 431. The maximum absolute atomic E-state index is 12.7. The number of anilines is 1. The fraction of sp³-hybridized carbons (Fsp3) is 0.462. The molecule has 2 nitrogen and oxygen atoms in total. The second-order valence-electron chi connectivity index (χ2n) is 4.31. The number of hydrogen-bond acceptors (Lipinski definition) is 1. The third-order valence-corrected chi connectivity index (χ3v) is 2.93. The molecule has 0 saturated carbocycles. The van der Waals surface area contributed by atoms with Crippen molar-refractivity contribution < 1.29 is 22.4 Å². The minimum atomic E-state index is -4.69. The molecule has 0 saturated heterocycles. The fourth-order valence-electron chi connectivity index (χ4n) is 1.44. The summed E-state index contributed by atoms with van der Waals surface area (Å²) in [5, 5.41) is 1.78. The lowest BCUT2D eigenvalue weighted by Gasteiger charge is -2.15. The number of nitrogens with one attached hydrogen (secondary N) is 1. The van der Waals surface area contributed by atoms with E-state index in [9.17, 15) is 22.4 Å². The first-order chi connectivity index (χ1) is 8.78. The molecule has 1 aromatic rings. The van der Waals surface area contributed by atoms with Gasteiger partial charge >= 0.3 is 18.3 Å². The van der Waals surface area contributed by atoms with Gasteiger partial charge in [-0.05, 0) is 30.0 Å². The molecule has 0 fully saturated rings. The molecule has 1 atom stereocenters. The van der Waals surface area contributed by atoms with Crippen molar-refractivity contribution in [2.24, 2.45) is 0 Å². The molecule has 0 radical (unpaired) electrons. The Hall–Kier alpha value is -1.59. The predicted octanol–water partition coefficient (Wildman–Crippen LogP) is 4.04. The van der Waals surface area contributed by atoms with Gasteiger partial charge in [0.2, 0.25) is 0 Å². The summed E-state index contributed by atoms with van der Waals surface area (Å²) in [4.78, 5) is 11.0. The highest BCUT2D eigenvalue weighted by Gasteiger charge is 2.48. The van der Waals surface area contributed by atoms with E-state index in [2.05, 4.69) is 0 Å². The highest BCUT2D eigenvalue weighted by Crippen LogP contribution is 2.25. The molecule has 1 N–H and O–H groups in total. The van der Waals surface area contributed by atoms with Gasteiger partial charge in [-0.3, -0.25) is 4.79 Å². The molecule has 1 unspecified atom stereocenters. The van der Waals surface area contributed by atoms with Crippen LogP contribution in [0, 0.1) is 0 Å². The minimum absolute atomic E-state index is 0.0670. The van der Waals surface area contributed by atoms with Crippen LogP contribution in [-0.2, 0) is 4.79 Å². The third-order valence-electron chi connectivity index (χ3n) is 2.93. The summed E-state index contributed by atoms with van der Waals surface area (Å²) in [5.41, 5.74) is 1.05. The number of hydrogen-bond donors (Lipinski definition) is 1. The smallest absolute Gasteiger partial charge is 0.321 e. The number of rotatable bonds is 5. The maximum atomic E-state index is 12.7. The van der Waals surface area contributed by atoms with Gasteiger partial charge in [-0.2, -0.15) is 8.78 Å². The Morgan fingerprint density at radius 2 is 1.79 bits per heavy atom. The average Bonchev–Trinajstić information content (AvgIpc) is 2.38. The van der Waals surface area contributed by atoms with Gasteiger partial charge < -0.3 is 5.32 Å². The Balaban J connectivity index is 2.76. The zero-order valence-corrected chi connectivity index (χ0v) is 10.6. The molecule has 106 valence electrons. The van der Waals surface area contributed by atoms with E-state index in [1.165, 1.54) is 12.1 Å². The first-order valence-corrected chi connectivity index (χ1v) is 5.86. The molecule has 1 rings (SSSR count). The average molecular weight is 277 g/mol. The fourth-order valence-corrected chi connectivity index (χ4v) is 1.44. The van der Waals surface area contributed by atoms with Crippen molar-refractivity contribution in [2.75, 3.05) is 5.32 Å². The highest BCUT2D eigenvalue weighted by molar-refractivity contribution is 5.96. The number of carbonyl (C=O) groups is 1. The maximum Gasteiger partial charge on any atom is 0.383 e. The molecule has 0 heterocycles. The summed E-state index contributed by atoms with van der Waals surface area (Å²) in [6, 6.07) is 6.18. The van der Waals surface area contributed by atoms with E-state index in [-0.39, 0.29) is 5.69 Å². The van der Waals surface area contributed by atoms with Gasteiger partial charge in [0.05, 0.1) is 0 Å². The zero-order valence-electron chi connectivity index (χ0n) is 10.6. The van der Waals surface area contributed by atoms with E-state index in [0.717, 1.165) is 12.0 Å². The molecule has 0 spiro atoms. The van der Waals surface area contributed by atoms with Crippen LogP contribution < -0.4 is 5.32 Å². The van der Waals surface area contributed by atoms with Crippen LogP contribution in [0.25, 0.3) is 0 Å². The minimum Gasteiger partial charge on any atom is -0.321 e. The van der Waals surface area contributed by atoms with E-state index in [4.69, 9.17) is 0 Å². The van der Waals surface area contributed by atoms with Crippen LogP contribution in [0.1, 0.15) is 31.7 Å². The van der Waals surface area contributed by atoms with Crippen LogP contribution in [0.5, 0.6) is 0 Å². The largest absolute Gasteiger partial charge is 0.383 e. The van der Waals surface area contributed by atoms with Crippen molar-refractivity contribution in [3.8, 4) is 0 Å². The molecule has 6 heteroatoms. The normalized spacial score (nSPS) is 13.4. The summed E-state index contributed by atoms with van der Waals surface area (Å²) < 4.78 is 49.4. The summed E-state index contributed by atoms with van der Waals surface area (Å²) in [5.74, 6) is -6.39. The number of carbonyl (C=O) groups excluding carboxylic acids is 1. The summed E-state index contributed by atoms with van der Waals surface area (Å²) in [6.45, 7) is 4.00. The number of halogens is 4. The third kappa shape index (κ3) is 3.68. The number of alkyl halides is 4. The monoisotopic (exact) mass is 277 g/mol. The Labute approximate surface area is 108 Å². The second-order valence-corrected chi connectivity index (χ2v) is 4.31. The van der Waals surface area contributed by atoms with Gasteiger partial charge in [0, 0.05) is 5.69 Å². The summed E-state index contributed by atoms with van der Waals surface area (Å²) in [6.07, 6.45) is -3.11. The first kappa shape index (κ1) is 15.5. The van der Waals surface area contributed by atoms with Crippen molar-refractivity contribution in [1.82, 2.24) is 0 Å². The van der Waals surface area contributed by atoms with Crippen LogP contribution in [0.3, 0.4) is 0 Å². The Morgan fingerprint density at radius 1 is 1.26 bits per heavy atom. The van der Waals surface area contributed by atoms with Gasteiger partial charge in [-0.15, -0.1) is 0 Å². The van der Waals surface area contributed by atoms with Gasteiger partial charge in [-0.25, -0.2) is 8.78 Å². The van der Waals surface area contributed by atoms with E-state index >= 15 is 0 Å². The Morgan fingerprint density at radius 3 is 2.21 bits per heavy atom. The summed E-state index contributed by atoms with van der Waals surface area (Å²) in [7, 11) is 0. The van der Waals surface area contributed by atoms with Gasteiger partial charge in [0.15, 0.2) is 0 Å². The SMILES string of the molecule is CCC(C)c1ccc(NC(=O)C(F)(F)C(F)F)cc1. The molecule has 1 amide bonds. The lowest BCUT2D eigenvalue weighted by molar-refractivity contribution is -0.163. The van der Waals surface area contributed by atoms with E-state index in [1.807, 2.05) is 13.8 Å². The van der Waals surface area contributed by atoms with Gasteiger partial charge in [-0.1, -0.05) is 26.0 Å². The van der Waals surface area contributed by atoms with Gasteiger partial charge in [0.1, 0.15) is 0 Å². The molecule has 19 heavy (non-hydrogen) atoms. The van der Waals surface area contributed by atoms with E-state index < -0.39 is 18.3 Å². The molecule has 0 bridgehead atoms. The number of amides is 1. The van der Waals surface area contributed by atoms with Crippen LogP contribution >= 0.6 is 0 Å². The molecule has 1 aromatic carbocycles. The van der Waals surface area contributed by atoms with Crippen molar-refractivity contribution in [1.29, 1.82) is 0 Å². The molecule has 0 aliphatic heterocycles. The highest BCUT2D eigenvalue weighted by atomic mass is 19.3. The molecule has 0 aliphatic carbocycles. The topological polar surface area (TPSA) is 29.1 Å². The molecular weight excluding hydrogens is 262 g/mol. The van der Waals surface area contributed by atoms with Crippen molar-refractivity contribution >= 4 is 11.6 Å². The molecule has 0 aromatic heterocycles.